The molecule has 0 N–H and O–H groups in total. The first kappa shape index (κ1) is 15.8. The molecule has 0 aliphatic heterocycles. The van der Waals surface area contributed by atoms with Crippen LogP contribution in [0.2, 0.25) is 0 Å². The molecule has 2 aromatic heterocycles. The molecule has 0 saturated carbocycles. The molecule has 0 saturated heterocycles. The average molecular weight is 436 g/mol. The number of aromatic nitrogens is 3. The van der Waals surface area contributed by atoms with E-state index in [9.17, 15) is 0 Å². The van der Waals surface area contributed by atoms with Crippen molar-refractivity contribution in [2.45, 2.75) is 0 Å². The van der Waals surface area contributed by atoms with Crippen LogP contribution < -0.4 is 0 Å². The predicted octanol–water partition coefficient (Wildman–Crippen LogP) is 4.78. The predicted molar refractivity (Wildman–Crippen MR) is 107 cm³/mol. The normalized spacial score (nSPS) is 10.8. The Hall–Kier alpha value is -2.72. The zero-order chi connectivity index (χ0) is 17.4. The van der Waals surface area contributed by atoms with Crippen LogP contribution in [-0.2, 0) is 7.05 Å². The number of fused-ring (bicyclic) bond motifs is 1. The lowest BCUT2D eigenvalue weighted by Crippen LogP contribution is -1.95. The van der Waals surface area contributed by atoms with Crippen molar-refractivity contribution in [1.29, 1.82) is 5.26 Å². The zero-order valence-corrected chi connectivity index (χ0v) is 15.6. The van der Waals surface area contributed by atoms with E-state index in [-0.39, 0.29) is 0 Å². The first-order valence-electron chi connectivity index (χ1n) is 7.74. The first-order chi connectivity index (χ1) is 12.2. The molecule has 0 bridgehead atoms. The summed E-state index contributed by atoms with van der Waals surface area (Å²) >= 11 is 2.36. The Kier molecular flexibility index (Phi) is 3.98. The molecule has 4 rings (SSSR count). The van der Waals surface area contributed by atoms with Gasteiger partial charge in [0.1, 0.15) is 5.69 Å². The fourth-order valence-corrected chi connectivity index (χ4v) is 3.68. The van der Waals surface area contributed by atoms with Crippen LogP contribution in [0.1, 0.15) is 5.56 Å². The third-order valence-corrected chi connectivity index (χ3v) is 5.14. The fourth-order valence-electron chi connectivity index (χ4n) is 3.03. The highest BCUT2D eigenvalue weighted by Gasteiger charge is 2.17. The van der Waals surface area contributed by atoms with Gasteiger partial charge in [0.05, 0.1) is 29.3 Å². The lowest BCUT2D eigenvalue weighted by atomic mass is 10.00. The number of pyridine rings is 1. The maximum absolute atomic E-state index is 9.17. The highest BCUT2D eigenvalue weighted by atomic mass is 127. The second kappa shape index (κ2) is 6.30. The summed E-state index contributed by atoms with van der Waals surface area (Å²) in [5, 5.41) is 11.6. The van der Waals surface area contributed by atoms with Crippen molar-refractivity contribution in [3.8, 4) is 28.7 Å². The van der Waals surface area contributed by atoms with Crippen LogP contribution in [0, 0.1) is 14.9 Å². The third kappa shape index (κ3) is 2.68. The molecule has 4 nitrogen and oxygen atoms in total. The average Bonchev–Trinajstić information content (AvgIpc) is 3.04. The quantitative estimate of drug-likeness (QED) is 0.425. The highest BCUT2D eigenvalue weighted by molar-refractivity contribution is 14.1. The molecular weight excluding hydrogens is 423 g/mol. The van der Waals surface area contributed by atoms with E-state index in [4.69, 9.17) is 5.26 Å². The number of aryl methyl sites for hydroxylation is 1. The van der Waals surface area contributed by atoms with Gasteiger partial charge < -0.3 is 4.57 Å². The van der Waals surface area contributed by atoms with Gasteiger partial charge >= 0.3 is 0 Å². The minimum Gasteiger partial charge on any atom is -0.333 e. The topological polar surface area (TPSA) is 54.5 Å². The number of benzene rings is 2. The van der Waals surface area contributed by atoms with Crippen LogP contribution >= 0.6 is 22.6 Å². The Labute approximate surface area is 158 Å². The van der Waals surface area contributed by atoms with E-state index in [0.29, 0.717) is 11.3 Å². The Morgan fingerprint density at radius 1 is 1.04 bits per heavy atom. The highest BCUT2D eigenvalue weighted by Crippen LogP contribution is 2.36. The molecular formula is C20H13IN4. The monoisotopic (exact) mass is 436 g/mol. The molecule has 4 aromatic rings. The van der Waals surface area contributed by atoms with Gasteiger partial charge in [0.15, 0.2) is 0 Å². The Balaban J connectivity index is 2.01. The molecule has 0 unspecified atom stereocenters. The molecule has 0 spiro atoms. The fraction of sp³-hybridized carbons (Fsp3) is 0.0500. The van der Waals surface area contributed by atoms with Crippen molar-refractivity contribution in [3.05, 3.63) is 70.2 Å². The first-order valence-corrected chi connectivity index (χ1v) is 8.82. The van der Waals surface area contributed by atoms with Gasteiger partial charge in [-0.25, -0.2) is 4.98 Å². The second-order valence-corrected chi connectivity index (χ2v) is 6.90. The third-order valence-electron chi connectivity index (χ3n) is 4.19. The second-order valence-electron chi connectivity index (χ2n) is 5.73. The number of hydrogen-bond donors (Lipinski definition) is 0. The molecule has 25 heavy (non-hydrogen) atoms. The molecule has 120 valence electrons. The molecule has 0 aliphatic carbocycles. The van der Waals surface area contributed by atoms with E-state index in [1.54, 1.807) is 24.7 Å². The van der Waals surface area contributed by atoms with Crippen molar-refractivity contribution in [3.63, 3.8) is 0 Å². The van der Waals surface area contributed by atoms with Gasteiger partial charge in [0.2, 0.25) is 0 Å². The standard InChI is InChI=1S/C20H13IN4/c1-25-12-24-19(18-10-13(11-22)8-9-23-18)20(25)16-6-7-17(21)15-5-3-2-4-14(15)16/h2-10,12H,1H3. The Bertz CT molecular complexity index is 1140. The molecule has 5 heteroatoms. The Morgan fingerprint density at radius 3 is 2.64 bits per heavy atom. The van der Waals surface area contributed by atoms with Crippen molar-refractivity contribution >= 4 is 33.4 Å². The van der Waals surface area contributed by atoms with Crippen LogP contribution in [0.15, 0.2) is 61.1 Å². The lowest BCUT2D eigenvalue weighted by Gasteiger charge is -2.11. The molecule has 0 amide bonds. The molecule has 0 radical (unpaired) electrons. The molecule has 0 fully saturated rings. The summed E-state index contributed by atoms with van der Waals surface area (Å²) in [5.74, 6) is 0. The van der Waals surface area contributed by atoms with Crippen LogP contribution in [0.5, 0.6) is 0 Å². The maximum Gasteiger partial charge on any atom is 0.115 e. The van der Waals surface area contributed by atoms with Crippen LogP contribution in [0.3, 0.4) is 0 Å². The summed E-state index contributed by atoms with van der Waals surface area (Å²) in [6.45, 7) is 0. The van der Waals surface area contributed by atoms with Gasteiger partial charge in [0, 0.05) is 22.4 Å². The molecule has 0 aliphatic rings. The van der Waals surface area contributed by atoms with E-state index in [0.717, 1.165) is 17.0 Å². The van der Waals surface area contributed by atoms with Crippen molar-refractivity contribution < 1.29 is 0 Å². The van der Waals surface area contributed by atoms with E-state index >= 15 is 0 Å². The summed E-state index contributed by atoms with van der Waals surface area (Å²) in [4.78, 5) is 8.98. The summed E-state index contributed by atoms with van der Waals surface area (Å²) in [7, 11) is 1.98. The van der Waals surface area contributed by atoms with Crippen molar-refractivity contribution in [1.82, 2.24) is 14.5 Å². The largest absolute Gasteiger partial charge is 0.333 e. The van der Waals surface area contributed by atoms with E-state index in [1.807, 2.05) is 17.7 Å². The van der Waals surface area contributed by atoms with Crippen molar-refractivity contribution in [2.24, 2.45) is 7.05 Å². The number of rotatable bonds is 2. The summed E-state index contributed by atoms with van der Waals surface area (Å²) in [6.07, 6.45) is 3.44. The number of halogens is 1. The number of imidazole rings is 1. The SMILES string of the molecule is Cn1cnc(-c2cc(C#N)ccn2)c1-c1ccc(I)c2ccccc12. The smallest absolute Gasteiger partial charge is 0.115 e. The van der Waals surface area contributed by atoms with Gasteiger partial charge in [-0.2, -0.15) is 5.26 Å². The number of hydrogen-bond acceptors (Lipinski definition) is 3. The molecule has 2 aromatic carbocycles. The van der Waals surface area contributed by atoms with E-state index in [2.05, 4.69) is 69.0 Å². The summed E-state index contributed by atoms with van der Waals surface area (Å²) < 4.78 is 3.22. The van der Waals surface area contributed by atoms with Crippen LogP contribution in [0.4, 0.5) is 0 Å². The van der Waals surface area contributed by atoms with Gasteiger partial charge in [-0.05, 0) is 51.6 Å². The van der Waals surface area contributed by atoms with Crippen LogP contribution in [-0.4, -0.2) is 14.5 Å². The van der Waals surface area contributed by atoms with Crippen molar-refractivity contribution in [2.75, 3.05) is 0 Å². The van der Waals surface area contributed by atoms with E-state index < -0.39 is 0 Å². The molecule has 0 atom stereocenters. The number of nitrogens with zero attached hydrogens (tertiary/aromatic N) is 4. The lowest BCUT2D eigenvalue weighted by molar-refractivity contribution is 0.922. The van der Waals surface area contributed by atoms with Crippen LogP contribution in [0.25, 0.3) is 33.4 Å². The summed E-state index contributed by atoms with van der Waals surface area (Å²) in [5.41, 5.74) is 4.17. The Morgan fingerprint density at radius 2 is 1.84 bits per heavy atom. The summed E-state index contributed by atoms with van der Waals surface area (Å²) in [6, 6.07) is 18.2. The van der Waals surface area contributed by atoms with E-state index in [1.165, 1.54) is 14.3 Å². The number of nitriles is 1. The minimum atomic E-state index is 0.578. The minimum absolute atomic E-state index is 0.578. The zero-order valence-electron chi connectivity index (χ0n) is 13.4. The molecule has 2 heterocycles. The van der Waals surface area contributed by atoms with Gasteiger partial charge in [-0.3, -0.25) is 4.98 Å². The van der Waals surface area contributed by atoms with Gasteiger partial charge in [-0.1, -0.05) is 30.3 Å². The maximum atomic E-state index is 9.17. The van der Waals surface area contributed by atoms with Gasteiger partial charge in [0.25, 0.3) is 0 Å². The van der Waals surface area contributed by atoms with Gasteiger partial charge in [-0.15, -0.1) is 0 Å².